The summed E-state index contributed by atoms with van der Waals surface area (Å²) in [5.74, 6) is -0.338. The maximum Gasteiger partial charge on any atom is 0.410 e. The third-order valence-electron chi connectivity index (χ3n) is 8.29. The van der Waals surface area contributed by atoms with Gasteiger partial charge in [0.15, 0.2) is 0 Å². The molecule has 11 nitrogen and oxygen atoms in total. The van der Waals surface area contributed by atoms with Crippen LogP contribution in [0.5, 0.6) is 0 Å². The molecule has 0 aliphatic carbocycles. The smallest absolute Gasteiger partial charge is 0.410 e. The molecule has 3 aliphatic heterocycles. The molecule has 1 N–H and O–H groups in total. The van der Waals surface area contributed by atoms with Gasteiger partial charge in [0.1, 0.15) is 18.8 Å². The van der Waals surface area contributed by atoms with E-state index in [0.717, 1.165) is 37.1 Å². The molecule has 5 heterocycles. The SMILES string of the molecule is Cc1cc(C(=O)NC(C)C)nc(C)c1C(=O)N1CC(N2CCC(N(Cc3ccsc3)C(=O)CN3CCOC3=O)CC2)C1. The summed E-state index contributed by atoms with van der Waals surface area (Å²) in [6.45, 7) is 11.7. The van der Waals surface area contributed by atoms with Crippen molar-refractivity contribution in [1.82, 2.24) is 29.9 Å². The molecule has 0 radical (unpaired) electrons. The van der Waals surface area contributed by atoms with Crippen LogP contribution in [0.2, 0.25) is 0 Å². The Bertz CT molecular complexity index is 1290. The normalized spacial score (nSPS) is 18.3. The molecule has 0 spiro atoms. The van der Waals surface area contributed by atoms with E-state index in [1.807, 2.05) is 42.0 Å². The number of thiophene rings is 1. The maximum absolute atomic E-state index is 13.4. The van der Waals surface area contributed by atoms with E-state index in [4.69, 9.17) is 4.74 Å². The first-order valence-electron chi connectivity index (χ1n) is 14.7. The van der Waals surface area contributed by atoms with Crippen molar-refractivity contribution in [2.45, 2.75) is 65.2 Å². The Balaban J connectivity index is 1.16. The number of carbonyl (C=O) groups is 4. The van der Waals surface area contributed by atoms with Crippen molar-refractivity contribution < 1.29 is 23.9 Å². The topological polar surface area (TPSA) is 115 Å². The van der Waals surface area contributed by atoms with Crippen molar-refractivity contribution in [2.24, 2.45) is 0 Å². The summed E-state index contributed by atoms with van der Waals surface area (Å²) in [6, 6.07) is 4.10. The minimum absolute atomic E-state index is 0.00418. The first-order chi connectivity index (χ1) is 20.1. The average molecular weight is 597 g/mol. The van der Waals surface area contributed by atoms with E-state index in [0.29, 0.717) is 49.7 Å². The average Bonchev–Trinajstić information content (AvgIpc) is 3.57. The number of rotatable bonds is 9. The van der Waals surface area contributed by atoms with Crippen molar-refractivity contribution >= 4 is 35.2 Å². The number of ether oxygens (including phenoxy) is 1. The molecule has 0 atom stereocenters. The molecule has 0 unspecified atom stereocenters. The number of hydrogen-bond acceptors (Lipinski definition) is 8. The van der Waals surface area contributed by atoms with Crippen molar-refractivity contribution in [2.75, 3.05) is 45.9 Å². The quantitative estimate of drug-likeness (QED) is 0.473. The van der Waals surface area contributed by atoms with Crippen LogP contribution < -0.4 is 5.32 Å². The highest BCUT2D eigenvalue weighted by Crippen LogP contribution is 2.27. The number of aryl methyl sites for hydroxylation is 2. The number of likely N-dealkylation sites (tertiary alicyclic amines) is 2. The molecule has 3 fully saturated rings. The largest absolute Gasteiger partial charge is 0.448 e. The van der Waals surface area contributed by atoms with Crippen LogP contribution in [0.4, 0.5) is 4.79 Å². The second kappa shape index (κ2) is 12.8. The van der Waals surface area contributed by atoms with Crippen LogP contribution in [0.15, 0.2) is 22.9 Å². The van der Waals surface area contributed by atoms with Crippen molar-refractivity contribution in [3.8, 4) is 0 Å². The summed E-state index contributed by atoms with van der Waals surface area (Å²) in [6.07, 6.45) is 1.26. The van der Waals surface area contributed by atoms with E-state index in [1.165, 1.54) is 4.90 Å². The molecular weight excluding hydrogens is 556 g/mol. The molecule has 3 aliphatic rings. The Labute approximate surface area is 250 Å². The standard InChI is InChI=1S/C30H40N6O5S/c1-19(2)31-28(38)25-13-20(3)27(21(4)32-25)29(39)35-15-24(16-35)33-8-5-23(6-9-33)36(14-22-7-12-42-18-22)26(37)17-34-10-11-41-30(34)40/h7,12-13,18-19,23-24H,5-6,8-11,14-17H2,1-4H3,(H,31,38). The monoisotopic (exact) mass is 596 g/mol. The van der Waals surface area contributed by atoms with Gasteiger partial charge in [-0.15, -0.1) is 0 Å². The lowest BCUT2D eigenvalue weighted by atomic mass is 9.96. The molecule has 4 amide bonds. The zero-order valence-corrected chi connectivity index (χ0v) is 25.6. The van der Waals surface area contributed by atoms with E-state index in [2.05, 4.69) is 20.6 Å². The molecule has 226 valence electrons. The van der Waals surface area contributed by atoms with Crippen LogP contribution in [-0.2, 0) is 16.1 Å². The Kier molecular flexibility index (Phi) is 9.12. The maximum atomic E-state index is 13.4. The lowest BCUT2D eigenvalue weighted by Gasteiger charge is -2.48. The number of carbonyl (C=O) groups excluding carboxylic acids is 4. The van der Waals surface area contributed by atoms with Gasteiger partial charge in [0.05, 0.1) is 17.8 Å². The number of nitrogens with zero attached hydrogens (tertiary/aromatic N) is 5. The first-order valence-corrected chi connectivity index (χ1v) is 15.6. The third-order valence-corrected chi connectivity index (χ3v) is 9.03. The number of amides is 4. The van der Waals surface area contributed by atoms with Crippen LogP contribution in [0.25, 0.3) is 0 Å². The fraction of sp³-hybridized carbons (Fsp3) is 0.567. The number of aromatic nitrogens is 1. The van der Waals surface area contributed by atoms with Gasteiger partial charge >= 0.3 is 6.09 Å². The highest BCUT2D eigenvalue weighted by molar-refractivity contribution is 7.07. The molecule has 3 saturated heterocycles. The summed E-state index contributed by atoms with van der Waals surface area (Å²) >= 11 is 1.61. The number of cyclic esters (lactones) is 1. The number of hydrogen-bond donors (Lipinski definition) is 1. The van der Waals surface area contributed by atoms with Gasteiger partial charge in [-0.25, -0.2) is 9.78 Å². The predicted molar refractivity (Wildman–Crippen MR) is 158 cm³/mol. The lowest BCUT2D eigenvalue weighted by molar-refractivity contribution is -0.136. The van der Waals surface area contributed by atoms with Crippen LogP contribution in [0, 0.1) is 13.8 Å². The van der Waals surface area contributed by atoms with E-state index in [1.54, 1.807) is 24.3 Å². The van der Waals surface area contributed by atoms with Gasteiger partial charge < -0.3 is 19.9 Å². The van der Waals surface area contributed by atoms with E-state index in [9.17, 15) is 19.2 Å². The van der Waals surface area contributed by atoms with Gasteiger partial charge in [0.2, 0.25) is 5.91 Å². The Morgan fingerprint density at radius 3 is 2.50 bits per heavy atom. The number of piperidine rings is 1. The number of nitrogens with one attached hydrogen (secondary N) is 1. The predicted octanol–water partition coefficient (Wildman–Crippen LogP) is 2.67. The summed E-state index contributed by atoms with van der Waals surface area (Å²) in [7, 11) is 0. The van der Waals surface area contributed by atoms with Crippen molar-refractivity contribution in [1.29, 1.82) is 0 Å². The second-order valence-corrected chi connectivity index (χ2v) is 12.5. The van der Waals surface area contributed by atoms with Gasteiger partial charge in [-0.3, -0.25) is 24.2 Å². The fourth-order valence-electron chi connectivity index (χ4n) is 6.00. The molecule has 42 heavy (non-hydrogen) atoms. The Hall–Kier alpha value is -3.51. The molecule has 0 bridgehead atoms. The molecule has 12 heteroatoms. The van der Waals surface area contributed by atoms with Crippen LogP contribution in [0.1, 0.15) is 64.4 Å². The van der Waals surface area contributed by atoms with Gasteiger partial charge in [0.25, 0.3) is 11.8 Å². The van der Waals surface area contributed by atoms with Crippen LogP contribution in [0.3, 0.4) is 0 Å². The van der Waals surface area contributed by atoms with E-state index < -0.39 is 6.09 Å². The minimum atomic E-state index is -0.425. The highest BCUT2D eigenvalue weighted by atomic mass is 32.1. The Morgan fingerprint density at radius 2 is 1.90 bits per heavy atom. The summed E-state index contributed by atoms with van der Waals surface area (Å²) in [5, 5.41) is 6.92. The van der Waals surface area contributed by atoms with Crippen LogP contribution in [-0.4, -0.2) is 112 Å². The molecule has 2 aromatic heterocycles. The van der Waals surface area contributed by atoms with Gasteiger partial charge in [-0.05, 0) is 74.6 Å². The third kappa shape index (κ3) is 6.59. The Morgan fingerprint density at radius 1 is 1.17 bits per heavy atom. The summed E-state index contributed by atoms with van der Waals surface area (Å²) in [5.41, 5.74) is 3.31. The highest BCUT2D eigenvalue weighted by Gasteiger charge is 2.39. The van der Waals surface area contributed by atoms with Crippen molar-refractivity contribution in [3.63, 3.8) is 0 Å². The minimum Gasteiger partial charge on any atom is -0.448 e. The molecule has 5 rings (SSSR count). The van der Waals surface area contributed by atoms with Gasteiger partial charge in [-0.1, -0.05) is 0 Å². The van der Waals surface area contributed by atoms with E-state index in [-0.39, 0.29) is 42.4 Å². The summed E-state index contributed by atoms with van der Waals surface area (Å²) < 4.78 is 5.01. The molecule has 2 aromatic rings. The van der Waals surface area contributed by atoms with Gasteiger partial charge in [-0.2, -0.15) is 11.3 Å². The molecule has 0 saturated carbocycles. The zero-order valence-electron chi connectivity index (χ0n) is 24.8. The lowest BCUT2D eigenvalue weighted by Crippen LogP contribution is -2.63. The summed E-state index contributed by atoms with van der Waals surface area (Å²) in [4.78, 5) is 63.2. The van der Waals surface area contributed by atoms with Gasteiger partial charge in [0, 0.05) is 50.8 Å². The second-order valence-electron chi connectivity index (χ2n) is 11.7. The van der Waals surface area contributed by atoms with Crippen molar-refractivity contribution in [3.05, 3.63) is 51.0 Å². The molecular formula is C30H40N6O5S. The first kappa shape index (κ1) is 30.0. The van der Waals surface area contributed by atoms with Crippen LogP contribution >= 0.6 is 11.3 Å². The number of pyridine rings is 1. The zero-order chi connectivity index (χ0) is 30.0. The fourth-order valence-corrected chi connectivity index (χ4v) is 6.66. The molecule has 0 aromatic carbocycles. The van der Waals surface area contributed by atoms with E-state index >= 15 is 0 Å².